The summed E-state index contributed by atoms with van der Waals surface area (Å²) in [6, 6.07) is 21.3. The van der Waals surface area contributed by atoms with Crippen molar-refractivity contribution in [1.82, 2.24) is 0 Å². The van der Waals surface area contributed by atoms with Gasteiger partial charge in [-0.3, -0.25) is 0 Å². The Morgan fingerprint density at radius 1 is 0.800 bits per heavy atom. The maximum Gasteiger partial charge on any atom is 0.229 e. The molecule has 4 rings (SSSR count). The Hall–Kier alpha value is -2.74. The molecule has 1 saturated heterocycles. The van der Waals surface area contributed by atoms with E-state index in [1.807, 2.05) is 78.9 Å². The molecule has 0 spiro atoms. The van der Waals surface area contributed by atoms with Gasteiger partial charge < -0.3 is 29.9 Å². The summed E-state index contributed by atoms with van der Waals surface area (Å²) in [5.41, 5.74) is 1.78. The third kappa shape index (κ3) is 4.09. The summed E-state index contributed by atoms with van der Waals surface area (Å²) in [6.45, 7) is -0.513. The van der Waals surface area contributed by atoms with Crippen LogP contribution < -0.4 is 4.74 Å². The predicted octanol–water partition coefficient (Wildman–Crippen LogP) is 2.19. The zero-order valence-corrected chi connectivity index (χ0v) is 16.2. The SMILES string of the molecule is OC[C@H]1O[C@@H](Oc2c(/C=C/c3ccccc3)ccc3ccccc23)[C@H](O)[C@@H](O)[C@@H]1O. The van der Waals surface area contributed by atoms with Crippen molar-refractivity contribution in [3.8, 4) is 5.75 Å². The predicted molar refractivity (Wildman–Crippen MR) is 114 cm³/mol. The van der Waals surface area contributed by atoms with Crippen LogP contribution in [0.25, 0.3) is 22.9 Å². The van der Waals surface area contributed by atoms with Crippen LogP contribution in [0.3, 0.4) is 0 Å². The topological polar surface area (TPSA) is 99.4 Å². The van der Waals surface area contributed by atoms with Gasteiger partial charge in [0.2, 0.25) is 6.29 Å². The Morgan fingerprint density at radius 2 is 1.53 bits per heavy atom. The minimum atomic E-state index is -1.50. The Labute approximate surface area is 174 Å². The molecule has 6 nitrogen and oxygen atoms in total. The van der Waals surface area contributed by atoms with Crippen LogP contribution in [0.2, 0.25) is 0 Å². The fourth-order valence-electron chi connectivity index (χ4n) is 3.55. The van der Waals surface area contributed by atoms with Gasteiger partial charge in [0.1, 0.15) is 30.2 Å². The largest absolute Gasteiger partial charge is 0.461 e. The van der Waals surface area contributed by atoms with Crippen LogP contribution in [-0.4, -0.2) is 57.7 Å². The molecule has 1 heterocycles. The highest BCUT2D eigenvalue weighted by atomic mass is 16.7. The summed E-state index contributed by atoms with van der Waals surface area (Å²) >= 11 is 0. The van der Waals surface area contributed by atoms with Gasteiger partial charge in [0.15, 0.2) is 0 Å². The maximum absolute atomic E-state index is 10.4. The first kappa shape index (κ1) is 20.5. The molecule has 0 bridgehead atoms. The van der Waals surface area contributed by atoms with Crippen molar-refractivity contribution in [3.63, 3.8) is 0 Å². The molecular weight excluding hydrogens is 384 g/mol. The minimum absolute atomic E-state index is 0.476. The second-order valence-electron chi connectivity index (χ2n) is 7.26. The normalized spacial score (nSPS) is 26.9. The molecule has 1 aliphatic heterocycles. The Morgan fingerprint density at radius 3 is 2.30 bits per heavy atom. The van der Waals surface area contributed by atoms with Gasteiger partial charge in [-0.1, -0.05) is 78.9 Å². The highest BCUT2D eigenvalue weighted by Crippen LogP contribution is 2.34. The first-order valence-electron chi connectivity index (χ1n) is 9.80. The first-order valence-corrected chi connectivity index (χ1v) is 9.80. The fraction of sp³-hybridized carbons (Fsp3) is 0.250. The van der Waals surface area contributed by atoms with E-state index in [4.69, 9.17) is 9.47 Å². The molecule has 1 fully saturated rings. The molecule has 0 saturated carbocycles. The van der Waals surface area contributed by atoms with Crippen LogP contribution >= 0.6 is 0 Å². The van der Waals surface area contributed by atoms with E-state index in [2.05, 4.69) is 0 Å². The van der Waals surface area contributed by atoms with Crippen LogP contribution in [0, 0.1) is 0 Å². The van der Waals surface area contributed by atoms with E-state index in [9.17, 15) is 20.4 Å². The van der Waals surface area contributed by atoms with Crippen molar-refractivity contribution in [2.24, 2.45) is 0 Å². The van der Waals surface area contributed by atoms with Crippen molar-refractivity contribution in [3.05, 3.63) is 77.9 Å². The van der Waals surface area contributed by atoms with Gasteiger partial charge in [0, 0.05) is 10.9 Å². The monoisotopic (exact) mass is 408 g/mol. The number of hydrogen-bond acceptors (Lipinski definition) is 6. The molecular formula is C24H24O6. The van der Waals surface area contributed by atoms with Crippen molar-refractivity contribution >= 4 is 22.9 Å². The minimum Gasteiger partial charge on any atom is -0.461 e. The van der Waals surface area contributed by atoms with Gasteiger partial charge in [-0.05, 0) is 10.9 Å². The van der Waals surface area contributed by atoms with Gasteiger partial charge in [-0.25, -0.2) is 0 Å². The number of fused-ring (bicyclic) bond motifs is 1. The fourth-order valence-corrected chi connectivity index (χ4v) is 3.55. The second kappa shape index (κ2) is 8.95. The number of benzene rings is 3. The van der Waals surface area contributed by atoms with Gasteiger partial charge >= 0.3 is 0 Å². The third-order valence-corrected chi connectivity index (χ3v) is 5.25. The Kier molecular flexibility index (Phi) is 6.13. The smallest absolute Gasteiger partial charge is 0.229 e. The maximum atomic E-state index is 10.4. The summed E-state index contributed by atoms with van der Waals surface area (Å²) in [5, 5.41) is 41.7. The molecule has 0 aromatic heterocycles. The average Bonchev–Trinajstić information content (AvgIpc) is 2.79. The van der Waals surface area contributed by atoms with E-state index in [0.717, 1.165) is 21.9 Å². The van der Waals surface area contributed by atoms with Crippen LogP contribution in [-0.2, 0) is 4.74 Å². The highest BCUT2D eigenvalue weighted by Gasteiger charge is 2.45. The molecule has 0 amide bonds. The van der Waals surface area contributed by atoms with Gasteiger partial charge in [-0.2, -0.15) is 0 Å². The van der Waals surface area contributed by atoms with Crippen molar-refractivity contribution < 1.29 is 29.9 Å². The molecule has 3 aromatic carbocycles. The average molecular weight is 408 g/mol. The lowest BCUT2D eigenvalue weighted by molar-refractivity contribution is -0.277. The quantitative estimate of drug-likeness (QED) is 0.483. The van der Waals surface area contributed by atoms with Crippen LogP contribution in [0.15, 0.2) is 66.7 Å². The molecule has 0 unspecified atom stereocenters. The lowest BCUT2D eigenvalue weighted by atomic mass is 9.99. The van der Waals surface area contributed by atoms with E-state index < -0.39 is 37.3 Å². The second-order valence-corrected chi connectivity index (χ2v) is 7.26. The summed E-state index contributed by atoms with van der Waals surface area (Å²) in [4.78, 5) is 0. The summed E-state index contributed by atoms with van der Waals surface area (Å²) in [6.07, 6.45) is -2.85. The number of aliphatic hydroxyl groups excluding tert-OH is 4. The highest BCUT2D eigenvalue weighted by molar-refractivity contribution is 5.93. The van der Waals surface area contributed by atoms with Crippen LogP contribution in [0.5, 0.6) is 5.75 Å². The molecule has 30 heavy (non-hydrogen) atoms. The van der Waals surface area contributed by atoms with Crippen LogP contribution in [0.1, 0.15) is 11.1 Å². The number of ether oxygens (including phenoxy) is 2. The first-order chi connectivity index (χ1) is 14.6. The standard InChI is InChI=1S/C24H24O6/c25-14-19-20(26)21(27)22(28)24(29-19)30-23-17(11-10-15-6-2-1-3-7-15)13-12-16-8-4-5-9-18(16)23/h1-13,19-22,24-28H,14H2/b11-10+/t19-,20-,21+,22-,24+/m1/s1. The van der Waals surface area contributed by atoms with E-state index in [0.29, 0.717) is 5.75 Å². The molecule has 5 atom stereocenters. The Balaban J connectivity index is 1.72. The van der Waals surface area contributed by atoms with E-state index >= 15 is 0 Å². The van der Waals surface area contributed by atoms with Crippen molar-refractivity contribution in [2.75, 3.05) is 6.61 Å². The molecule has 6 heteroatoms. The van der Waals surface area contributed by atoms with Gasteiger partial charge in [-0.15, -0.1) is 0 Å². The van der Waals surface area contributed by atoms with Gasteiger partial charge in [0.05, 0.1) is 6.61 Å². The van der Waals surface area contributed by atoms with Crippen molar-refractivity contribution in [2.45, 2.75) is 30.7 Å². The molecule has 4 N–H and O–H groups in total. The third-order valence-electron chi connectivity index (χ3n) is 5.25. The zero-order valence-electron chi connectivity index (χ0n) is 16.2. The number of hydrogen-bond donors (Lipinski definition) is 4. The van der Waals surface area contributed by atoms with Crippen molar-refractivity contribution in [1.29, 1.82) is 0 Å². The molecule has 3 aromatic rings. The lowest BCUT2D eigenvalue weighted by Crippen LogP contribution is -2.60. The summed E-state index contributed by atoms with van der Waals surface area (Å²) in [5.74, 6) is 0.476. The molecule has 1 aliphatic rings. The molecule has 156 valence electrons. The molecule has 0 radical (unpaired) electrons. The van der Waals surface area contributed by atoms with Crippen LogP contribution in [0.4, 0.5) is 0 Å². The van der Waals surface area contributed by atoms with Gasteiger partial charge in [0.25, 0.3) is 0 Å². The zero-order chi connectivity index (χ0) is 21.1. The number of aliphatic hydroxyl groups is 4. The number of rotatable bonds is 5. The van der Waals surface area contributed by atoms with E-state index in [1.54, 1.807) is 0 Å². The van der Waals surface area contributed by atoms with E-state index in [1.165, 1.54) is 0 Å². The summed E-state index contributed by atoms with van der Waals surface area (Å²) < 4.78 is 11.6. The molecule has 0 aliphatic carbocycles. The lowest BCUT2D eigenvalue weighted by Gasteiger charge is -2.39. The summed E-state index contributed by atoms with van der Waals surface area (Å²) in [7, 11) is 0. The Bertz CT molecular complexity index is 1020. The van der Waals surface area contributed by atoms with E-state index in [-0.39, 0.29) is 0 Å².